The first-order chi connectivity index (χ1) is 7.25. The number of nitrogens with one attached hydrogen (secondary N) is 1. The van der Waals surface area contributed by atoms with Crippen molar-refractivity contribution in [3.8, 4) is 0 Å². The van der Waals surface area contributed by atoms with Gasteiger partial charge in [-0.15, -0.1) is 0 Å². The summed E-state index contributed by atoms with van der Waals surface area (Å²) >= 11 is 0. The summed E-state index contributed by atoms with van der Waals surface area (Å²) in [6, 6.07) is 0. The van der Waals surface area contributed by atoms with E-state index in [-0.39, 0.29) is 5.91 Å². The number of aryl methyl sites for hydroxylation is 1. The van der Waals surface area contributed by atoms with E-state index in [2.05, 4.69) is 22.3 Å². The van der Waals surface area contributed by atoms with Crippen LogP contribution in [0, 0.1) is 0 Å². The number of carbonyl (C=O) groups excluding carboxylic acids is 1. The van der Waals surface area contributed by atoms with E-state index in [0.29, 0.717) is 12.4 Å². The molecule has 5 nitrogen and oxygen atoms in total. The number of unbranched alkanes of at least 4 members (excludes halogenated alkanes) is 3. The van der Waals surface area contributed by atoms with Gasteiger partial charge in [0.25, 0.3) is 5.91 Å². The third-order valence-electron chi connectivity index (χ3n) is 2.23. The molecule has 1 N–H and O–H groups in total. The van der Waals surface area contributed by atoms with Gasteiger partial charge in [0.15, 0.2) is 0 Å². The zero-order valence-corrected chi connectivity index (χ0v) is 9.36. The second-order valence-electron chi connectivity index (χ2n) is 3.52. The summed E-state index contributed by atoms with van der Waals surface area (Å²) in [5, 5.41) is 6.66. The van der Waals surface area contributed by atoms with Crippen molar-refractivity contribution in [3.05, 3.63) is 12.2 Å². The molecule has 0 spiro atoms. The minimum atomic E-state index is -0.147. The standard InChI is InChI=1S/C10H18N4O/c1-3-4-5-6-7-11-10(15)9-12-8-13-14(9)2/h8H,3-7H2,1-2H3,(H,11,15). The van der Waals surface area contributed by atoms with Crippen molar-refractivity contribution in [2.75, 3.05) is 6.54 Å². The Kier molecular flexibility index (Phi) is 4.80. The summed E-state index contributed by atoms with van der Waals surface area (Å²) in [6.45, 7) is 2.88. The molecule has 0 bridgehead atoms. The molecule has 0 fully saturated rings. The van der Waals surface area contributed by atoms with E-state index < -0.39 is 0 Å². The number of nitrogens with zero attached hydrogens (tertiary/aromatic N) is 3. The lowest BCUT2D eigenvalue weighted by molar-refractivity contribution is 0.0938. The minimum absolute atomic E-state index is 0.147. The number of amides is 1. The van der Waals surface area contributed by atoms with Gasteiger partial charge in [-0.3, -0.25) is 4.79 Å². The fraction of sp³-hybridized carbons (Fsp3) is 0.700. The lowest BCUT2D eigenvalue weighted by atomic mass is 10.2. The van der Waals surface area contributed by atoms with Gasteiger partial charge in [-0.25, -0.2) is 9.67 Å². The number of carbonyl (C=O) groups is 1. The number of hydrogen-bond acceptors (Lipinski definition) is 3. The van der Waals surface area contributed by atoms with E-state index in [4.69, 9.17) is 0 Å². The Hall–Kier alpha value is -1.39. The highest BCUT2D eigenvalue weighted by Crippen LogP contribution is 1.97. The summed E-state index contributed by atoms with van der Waals surface area (Å²) in [5.41, 5.74) is 0. The first-order valence-corrected chi connectivity index (χ1v) is 5.38. The molecule has 0 aromatic carbocycles. The van der Waals surface area contributed by atoms with Gasteiger partial charge in [0.2, 0.25) is 5.82 Å². The molecule has 0 atom stereocenters. The van der Waals surface area contributed by atoms with Gasteiger partial charge in [-0.2, -0.15) is 5.10 Å². The van der Waals surface area contributed by atoms with Crippen LogP contribution in [0.25, 0.3) is 0 Å². The molecule has 1 aromatic heterocycles. The molecule has 0 radical (unpaired) electrons. The van der Waals surface area contributed by atoms with Crippen LogP contribution in [0.3, 0.4) is 0 Å². The highest BCUT2D eigenvalue weighted by atomic mass is 16.2. The molecule has 0 saturated heterocycles. The van der Waals surface area contributed by atoms with Crippen molar-refractivity contribution < 1.29 is 4.79 Å². The van der Waals surface area contributed by atoms with Crippen molar-refractivity contribution >= 4 is 5.91 Å². The summed E-state index contributed by atoms with van der Waals surface area (Å²) in [5.74, 6) is 0.219. The van der Waals surface area contributed by atoms with Crippen molar-refractivity contribution in [1.29, 1.82) is 0 Å². The highest BCUT2D eigenvalue weighted by Gasteiger charge is 2.09. The van der Waals surface area contributed by atoms with Gasteiger partial charge < -0.3 is 5.32 Å². The van der Waals surface area contributed by atoms with Crippen LogP contribution in [-0.2, 0) is 7.05 Å². The van der Waals surface area contributed by atoms with E-state index in [0.717, 1.165) is 12.8 Å². The van der Waals surface area contributed by atoms with Gasteiger partial charge in [0.1, 0.15) is 6.33 Å². The zero-order chi connectivity index (χ0) is 11.1. The Morgan fingerprint density at radius 2 is 2.27 bits per heavy atom. The van der Waals surface area contributed by atoms with E-state index in [9.17, 15) is 4.79 Å². The predicted octanol–water partition coefficient (Wildman–Crippen LogP) is 1.13. The molecule has 0 saturated carbocycles. The molecule has 5 heteroatoms. The summed E-state index contributed by atoms with van der Waals surface area (Å²) in [4.78, 5) is 15.4. The number of hydrogen-bond donors (Lipinski definition) is 1. The van der Waals surface area contributed by atoms with E-state index >= 15 is 0 Å². The van der Waals surface area contributed by atoms with E-state index in [1.807, 2.05) is 0 Å². The lowest BCUT2D eigenvalue weighted by Gasteiger charge is -2.03. The molecule has 84 valence electrons. The van der Waals surface area contributed by atoms with Crippen molar-refractivity contribution in [3.63, 3.8) is 0 Å². The SMILES string of the molecule is CCCCCCNC(=O)c1ncnn1C. The number of rotatable bonds is 6. The summed E-state index contributed by atoms with van der Waals surface area (Å²) in [7, 11) is 1.71. The van der Waals surface area contributed by atoms with Crippen LogP contribution >= 0.6 is 0 Å². The molecule has 1 heterocycles. The second-order valence-corrected chi connectivity index (χ2v) is 3.52. The topological polar surface area (TPSA) is 59.8 Å². The van der Waals surface area contributed by atoms with Crippen LogP contribution in [0.2, 0.25) is 0 Å². The molecule has 15 heavy (non-hydrogen) atoms. The maximum absolute atomic E-state index is 11.5. The van der Waals surface area contributed by atoms with Gasteiger partial charge >= 0.3 is 0 Å². The Bertz CT molecular complexity index is 308. The monoisotopic (exact) mass is 210 g/mol. The van der Waals surface area contributed by atoms with Crippen LogP contribution in [0.15, 0.2) is 6.33 Å². The smallest absolute Gasteiger partial charge is 0.288 e. The Balaban J connectivity index is 2.22. The number of aromatic nitrogens is 3. The zero-order valence-electron chi connectivity index (χ0n) is 9.36. The third-order valence-corrected chi connectivity index (χ3v) is 2.23. The van der Waals surface area contributed by atoms with Crippen molar-refractivity contribution in [2.24, 2.45) is 7.05 Å². The molecular weight excluding hydrogens is 192 g/mol. The summed E-state index contributed by atoms with van der Waals surface area (Å²) < 4.78 is 1.47. The van der Waals surface area contributed by atoms with Gasteiger partial charge in [0.05, 0.1) is 0 Å². The fourth-order valence-corrected chi connectivity index (χ4v) is 1.33. The quantitative estimate of drug-likeness (QED) is 0.716. The van der Waals surface area contributed by atoms with Crippen LogP contribution in [0.4, 0.5) is 0 Å². The molecule has 0 aliphatic rings. The average molecular weight is 210 g/mol. The predicted molar refractivity (Wildman–Crippen MR) is 57.5 cm³/mol. The molecule has 0 aliphatic carbocycles. The van der Waals surface area contributed by atoms with E-state index in [1.165, 1.54) is 23.9 Å². The van der Waals surface area contributed by atoms with Crippen LogP contribution in [0.5, 0.6) is 0 Å². The van der Waals surface area contributed by atoms with Gasteiger partial charge in [0, 0.05) is 13.6 Å². The van der Waals surface area contributed by atoms with Crippen LogP contribution in [-0.4, -0.2) is 27.2 Å². The molecule has 1 aromatic rings. The van der Waals surface area contributed by atoms with E-state index in [1.54, 1.807) is 7.05 Å². The van der Waals surface area contributed by atoms with Gasteiger partial charge in [-0.05, 0) is 6.42 Å². The normalized spacial score (nSPS) is 10.3. The largest absolute Gasteiger partial charge is 0.349 e. The fourth-order valence-electron chi connectivity index (χ4n) is 1.33. The Morgan fingerprint density at radius 1 is 1.47 bits per heavy atom. The Labute approximate surface area is 89.9 Å². The van der Waals surface area contributed by atoms with Crippen molar-refractivity contribution in [1.82, 2.24) is 20.1 Å². The second kappa shape index (κ2) is 6.16. The van der Waals surface area contributed by atoms with Crippen LogP contribution < -0.4 is 5.32 Å². The minimum Gasteiger partial charge on any atom is -0.349 e. The van der Waals surface area contributed by atoms with Crippen LogP contribution in [0.1, 0.15) is 43.2 Å². The summed E-state index contributed by atoms with van der Waals surface area (Å²) in [6.07, 6.45) is 6.00. The third kappa shape index (κ3) is 3.69. The molecule has 0 unspecified atom stereocenters. The first kappa shape index (κ1) is 11.7. The van der Waals surface area contributed by atoms with Crippen molar-refractivity contribution in [2.45, 2.75) is 32.6 Å². The average Bonchev–Trinajstić information content (AvgIpc) is 2.64. The maximum atomic E-state index is 11.5. The lowest BCUT2D eigenvalue weighted by Crippen LogP contribution is -2.27. The molecule has 1 rings (SSSR count). The Morgan fingerprint density at radius 3 is 2.87 bits per heavy atom. The highest BCUT2D eigenvalue weighted by molar-refractivity contribution is 5.90. The maximum Gasteiger partial charge on any atom is 0.288 e. The van der Waals surface area contributed by atoms with Gasteiger partial charge in [-0.1, -0.05) is 26.2 Å². The molecular formula is C10H18N4O. The molecule has 1 amide bonds. The molecule has 0 aliphatic heterocycles. The first-order valence-electron chi connectivity index (χ1n) is 5.38.